The number of hydrogen-bond acceptors (Lipinski definition) is 5. The van der Waals surface area contributed by atoms with Crippen LogP contribution in [0.15, 0.2) is 72.8 Å². The summed E-state index contributed by atoms with van der Waals surface area (Å²) in [6.07, 6.45) is 1.93. The van der Waals surface area contributed by atoms with Crippen LogP contribution in [-0.2, 0) is 23.9 Å². The van der Waals surface area contributed by atoms with E-state index in [1.807, 2.05) is 36.4 Å². The zero-order valence-electron chi connectivity index (χ0n) is 15.9. The lowest BCUT2D eigenvalue weighted by molar-refractivity contribution is -0.148. The summed E-state index contributed by atoms with van der Waals surface area (Å²) in [7, 11) is 0. The minimum absolute atomic E-state index is 0.0320. The molecule has 0 radical (unpaired) electrons. The molecule has 0 aliphatic rings. The van der Waals surface area contributed by atoms with Crippen molar-refractivity contribution in [1.82, 2.24) is 0 Å². The van der Waals surface area contributed by atoms with Crippen LogP contribution in [0.1, 0.15) is 11.1 Å². The Balaban J connectivity index is 1.91. The second-order valence-corrected chi connectivity index (χ2v) is 7.29. The molecule has 30 heavy (non-hydrogen) atoms. The zero-order chi connectivity index (χ0) is 21.8. The molecule has 5 nitrogen and oxygen atoms in total. The Bertz CT molecular complexity index is 883. The Morgan fingerprint density at radius 2 is 1.40 bits per heavy atom. The van der Waals surface area contributed by atoms with Gasteiger partial charge in [0.25, 0.3) is 0 Å². The van der Waals surface area contributed by atoms with Crippen molar-refractivity contribution in [3.63, 3.8) is 0 Å². The SMILES string of the molecule is O=C[C@@H](F)[C@H](OC(=O)C=Cc1ccccc1)[C@H](Br)COC(=O)C=Cc1ccccc1. The second kappa shape index (κ2) is 12.5. The first kappa shape index (κ1) is 23.2. The Labute approximate surface area is 182 Å². The predicted octanol–water partition coefficient (Wildman–Crippen LogP) is 4.17. The van der Waals surface area contributed by atoms with Crippen LogP contribution in [0.25, 0.3) is 12.2 Å². The summed E-state index contributed by atoms with van der Waals surface area (Å²) in [6.45, 7) is -0.299. The molecule has 0 amide bonds. The summed E-state index contributed by atoms with van der Waals surface area (Å²) in [6, 6.07) is 18.1. The lowest BCUT2D eigenvalue weighted by Crippen LogP contribution is -2.39. The molecule has 0 saturated carbocycles. The summed E-state index contributed by atoms with van der Waals surface area (Å²) >= 11 is 3.13. The number of aldehydes is 1. The van der Waals surface area contributed by atoms with Crippen LogP contribution in [0, 0.1) is 0 Å². The van der Waals surface area contributed by atoms with Gasteiger partial charge in [-0.3, -0.25) is 4.79 Å². The van der Waals surface area contributed by atoms with Crippen LogP contribution in [0.3, 0.4) is 0 Å². The molecule has 7 heteroatoms. The van der Waals surface area contributed by atoms with E-state index in [9.17, 15) is 18.8 Å². The number of carbonyl (C=O) groups is 3. The lowest BCUT2D eigenvalue weighted by Gasteiger charge is -2.22. The molecule has 0 aromatic heterocycles. The number of carbonyl (C=O) groups excluding carboxylic acids is 3. The summed E-state index contributed by atoms with van der Waals surface area (Å²) < 4.78 is 24.1. The van der Waals surface area contributed by atoms with Gasteiger partial charge in [0.05, 0.1) is 4.83 Å². The third kappa shape index (κ3) is 8.13. The predicted molar refractivity (Wildman–Crippen MR) is 115 cm³/mol. The number of benzene rings is 2. The van der Waals surface area contributed by atoms with Gasteiger partial charge in [0.2, 0.25) is 0 Å². The average molecular weight is 475 g/mol. The van der Waals surface area contributed by atoms with E-state index < -0.39 is 29.0 Å². The number of halogens is 2. The van der Waals surface area contributed by atoms with E-state index in [0.717, 1.165) is 17.2 Å². The van der Waals surface area contributed by atoms with Crippen molar-refractivity contribution < 1.29 is 28.2 Å². The van der Waals surface area contributed by atoms with Gasteiger partial charge in [-0.25, -0.2) is 14.0 Å². The van der Waals surface area contributed by atoms with E-state index in [4.69, 9.17) is 9.47 Å². The maximum atomic E-state index is 14.0. The highest BCUT2D eigenvalue weighted by molar-refractivity contribution is 9.09. The van der Waals surface area contributed by atoms with Crippen LogP contribution < -0.4 is 0 Å². The third-order valence-electron chi connectivity index (χ3n) is 3.86. The van der Waals surface area contributed by atoms with Crippen LogP contribution in [0.5, 0.6) is 0 Å². The molecule has 0 N–H and O–H groups in total. The number of alkyl halides is 2. The Morgan fingerprint density at radius 1 is 0.900 bits per heavy atom. The molecule has 0 aliphatic carbocycles. The van der Waals surface area contributed by atoms with Gasteiger partial charge >= 0.3 is 11.9 Å². The van der Waals surface area contributed by atoms with Crippen molar-refractivity contribution >= 4 is 46.3 Å². The van der Waals surface area contributed by atoms with Crippen LogP contribution >= 0.6 is 15.9 Å². The number of ether oxygens (including phenoxy) is 2. The Hall–Kier alpha value is -3.06. The van der Waals surface area contributed by atoms with Gasteiger partial charge in [-0.15, -0.1) is 0 Å². The fraction of sp³-hybridized carbons (Fsp3) is 0.174. The van der Waals surface area contributed by atoms with Crippen molar-refractivity contribution in [3.8, 4) is 0 Å². The van der Waals surface area contributed by atoms with Gasteiger partial charge in [-0.1, -0.05) is 76.6 Å². The average Bonchev–Trinajstić information content (AvgIpc) is 2.79. The first-order chi connectivity index (χ1) is 14.5. The van der Waals surface area contributed by atoms with Crippen molar-refractivity contribution in [2.45, 2.75) is 17.1 Å². The number of esters is 2. The first-order valence-electron chi connectivity index (χ1n) is 9.06. The second-order valence-electron chi connectivity index (χ2n) is 6.12. The molecule has 0 fully saturated rings. The van der Waals surface area contributed by atoms with Gasteiger partial charge in [-0.2, -0.15) is 0 Å². The third-order valence-corrected chi connectivity index (χ3v) is 4.65. The van der Waals surface area contributed by atoms with Crippen LogP contribution in [0.4, 0.5) is 4.39 Å². The fourth-order valence-corrected chi connectivity index (χ4v) is 2.88. The normalized spacial score (nSPS) is 14.2. The monoisotopic (exact) mass is 474 g/mol. The molecule has 0 heterocycles. The largest absolute Gasteiger partial charge is 0.461 e. The maximum absolute atomic E-state index is 14.0. The van der Waals surface area contributed by atoms with E-state index in [-0.39, 0.29) is 12.9 Å². The molecule has 0 spiro atoms. The van der Waals surface area contributed by atoms with Crippen molar-refractivity contribution in [3.05, 3.63) is 83.9 Å². The minimum Gasteiger partial charge on any atom is -0.461 e. The van der Waals surface area contributed by atoms with E-state index in [1.165, 1.54) is 12.2 Å². The van der Waals surface area contributed by atoms with E-state index >= 15 is 0 Å². The Morgan fingerprint density at radius 3 is 1.90 bits per heavy atom. The van der Waals surface area contributed by atoms with E-state index in [1.54, 1.807) is 30.3 Å². The van der Waals surface area contributed by atoms with Crippen molar-refractivity contribution in [1.29, 1.82) is 0 Å². The number of hydrogen-bond donors (Lipinski definition) is 0. The summed E-state index contributed by atoms with van der Waals surface area (Å²) in [5.41, 5.74) is 1.57. The fourth-order valence-electron chi connectivity index (χ4n) is 2.35. The summed E-state index contributed by atoms with van der Waals surface area (Å²) in [4.78, 5) is 33.8. The summed E-state index contributed by atoms with van der Waals surface area (Å²) in [5, 5.41) is 0. The van der Waals surface area contributed by atoms with Crippen molar-refractivity contribution in [2.75, 3.05) is 6.61 Å². The van der Waals surface area contributed by atoms with Gasteiger partial charge in [-0.05, 0) is 23.3 Å². The van der Waals surface area contributed by atoms with Gasteiger partial charge < -0.3 is 9.47 Å². The van der Waals surface area contributed by atoms with E-state index in [0.29, 0.717) is 0 Å². The first-order valence-corrected chi connectivity index (χ1v) is 9.98. The molecule has 156 valence electrons. The summed E-state index contributed by atoms with van der Waals surface area (Å²) in [5.74, 6) is -1.48. The highest BCUT2D eigenvalue weighted by Gasteiger charge is 2.32. The molecular formula is C23H20BrFO5. The van der Waals surface area contributed by atoms with Crippen LogP contribution in [-0.4, -0.2) is 41.9 Å². The molecule has 0 unspecified atom stereocenters. The number of rotatable bonds is 10. The molecule has 0 bridgehead atoms. The molecule has 2 aromatic carbocycles. The Kier molecular flexibility index (Phi) is 9.67. The van der Waals surface area contributed by atoms with E-state index in [2.05, 4.69) is 15.9 Å². The minimum atomic E-state index is -2.08. The van der Waals surface area contributed by atoms with Crippen molar-refractivity contribution in [2.24, 2.45) is 0 Å². The zero-order valence-corrected chi connectivity index (χ0v) is 17.5. The maximum Gasteiger partial charge on any atom is 0.331 e. The molecule has 2 rings (SSSR count). The van der Waals surface area contributed by atoms with Gasteiger partial charge in [0.15, 0.2) is 18.6 Å². The van der Waals surface area contributed by atoms with Gasteiger partial charge in [0.1, 0.15) is 6.61 Å². The molecule has 0 aliphatic heterocycles. The molecule has 3 atom stereocenters. The smallest absolute Gasteiger partial charge is 0.331 e. The quantitative estimate of drug-likeness (QED) is 0.223. The lowest BCUT2D eigenvalue weighted by atomic mass is 10.1. The topological polar surface area (TPSA) is 69.7 Å². The van der Waals surface area contributed by atoms with Crippen LogP contribution in [0.2, 0.25) is 0 Å². The van der Waals surface area contributed by atoms with Gasteiger partial charge in [0, 0.05) is 12.2 Å². The highest BCUT2D eigenvalue weighted by Crippen LogP contribution is 2.17. The standard InChI is InChI=1S/C23H20BrFO5/c24-19(16-29-21(27)13-11-17-7-3-1-4-8-17)23(20(25)15-26)30-22(28)14-12-18-9-5-2-6-10-18/h1-15,19-20,23H,16H2/t19-,20-,23-/m1/s1. The molecule has 0 saturated heterocycles. The highest BCUT2D eigenvalue weighted by atomic mass is 79.9. The molecule has 2 aromatic rings. The molecular weight excluding hydrogens is 455 g/mol.